The van der Waals surface area contributed by atoms with E-state index in [9.17, 15) is 4.79 Å². The van der Waals surface area contributed by atoms with Crippen LogP contribution in [0.3, 0.4) is 0 Å². The molecule has 0 unspecified atom stereocenters. The summed E-state index contributed by atoms with van der Waals surface area (Å²) in [5.41, 5.74) is 2.50. The molecule has 0 aliphatic carbocycles. The SMILES string of the molecule is O=C(CCCCCCN1OS/C(=C\c2ccccc2Cl)O1)NO. The average Bonchev–Trinajstić information content (AvgIpc) is 3.00. The molecule has 1 aliphatic rings. The average molecular weight is 359 g/mol. The van der Waals surface area contributed by atoms with Crippen molar-refractivity contribution in [3.63, 3.8) is 0 Å². The molecule has 0 spiro atoms. The minimum absolute atomic E-state index is 0.341. The summed E-state index contributed by atoms with van der Waals surface area (Å²) in [4.78, 5) is 16.4. The number of unbranched alkanes of at least 4 members (excludes halogenated alkanes) is 3. The molecule has 0 atom stereocenters. The third-order valence-electron chi connectivity index (χ3n) is 3.19. The Morgan fingerprint density at radius 2 is 2.09 bits per heavy atom. The lowest BCUT2D eigenvalue weighted by Crippen LogP contribution is -2.18. The summed E-state index contributed by atoms with van der Waals surface area (Å²) in [5, 5.41) is 11.1. The highest BCUT2D eigenvalue weighted by Gasteiger charge is 2.21. The molecule has 126 valence electrons. The third kappa shape index (κ3) is 6.40. The summed E-state index contributed by atoms with van der Waals surface area (Å²) in [6, 6.07) is 7.52. The van der Waals surface area contributed by atoms with Crippen molar-refractivity contribution >= 4 is 35.6 Å². The number of amides is 1. The van der Waals surface area contributed by atoms with Gasteiger partial charge in [0.2, 0.25) is 11.0 Å². The number of carbonyl (C=O) groups is 1. The molecule has 1 fully saturated rings. The highest BCUT2D eigenvalue weighted by molar-refractivity contribution is 7.98. The van der Waals surface area contributed by atoms with Crippen molar-refractivity contribution < 1.29 is 19.1 Å². The van der Waals surface area contributed by atoms with E-state index >= 15 is 0 Å². The highest BCUT2D eigenvalue weighted by Crippen LogP contribution is 2.32. The monoisotopic (exact) mass is 358 g/mol. The van der Waals surface area contributed by atoms with Crippen LogP contribution in [0.5, 0.6) is 0 Å². The summed E-state index contributed by atoms with van der Waals surface area (Å²) >= 11 is 7.25. The van der Waals surface area contributed by atoms with Gasteiger partial charge < -0.3 is 4.84 Å². The van der Waals surface area contributed by atoms with Crippen molar-refractivity contribution in [1.82, 2.24) is 10.7 Å². The van der Waals surface area contributed by atoms with Gasteiger partial charge in [-0.25, -0.2) is 5.48 Å². The van der Waals surface area contributed by atoms with E-state index in [4.69, 9.17) is 25.9 Å². The molecule has 0 radical (unpaired) electrons. The first-order valence-electron chi connectivity index (χ1n) is 7.38. The first-order chi connectivity index (χ1) is 11.2. The molecule has 1 saturated heterocycles. The summed E-state index contributed by atoms with van der Waals surface area (Å²) in [5.74, 6) is -0.345. The van der Waals surface area contributed by atoms with E-state index in [-0.39, 0.29) is 5.91 Å². The summed E-state index contributed by atoms with van der Waals surface area (Å²) < 4.78 is 5.36. The van der Waals surface area contributed by atoms with Crippen molar-refractivity contribution in [2.75, 3.05) is 6.54 Å². The van der Waals surface area contributed by atoms with E-state index in [2.05, 4.69) is 0 Å². The zero-order valence-electron chi connectivity index (χ0n) is 12.5. The maximum Gasteiger partial charge on any atom is 0.243 e. The quantitative estimate of drug-likeness (QED) is 0.317. The lowest BCUT2D eigenvalue weighted by atomic mass is 10.1. The Balaban J connectivity index is 1.64. The van der Waals surface area contributed by atoms with Crippen LogP contribution in [0, 0.1) is 0 Å². The van der Waals surface area contributed by atoms with Crippen LogP contribution < -0.4 is 5.48 Å². The van der Waals surface area contributed by atoms with Crippen LogP contribution in [0.25, 0.3) is 6.08 Å². The lowest BCUT2D eigenvalue weighted by Gasteiger charge is -2.10. The molecule has 8 heteroatoms. The lowest BCUT2D eigenvalue weighted by molar-refractivity contribution is -0.259. The van der Waals surface area contributed by atoms with E-state index in [1.165, 1.54) is 5.23 Å². The van der Waals surface area contributed by atoms with Gasteiger partial charge in [-0.3, -0.25) is 10.0 Å². The fourth-order valence-electron chi connectivity index (χ4n) is 2.00. The maximum atomic E-state index is 10.8. The van der Waals surface area contributed by atoms with Gasteiger partial charge >= 0.3 is 0 Å². The van der Waals surface area contributed by atoms with E-state index in [0.717, 1.165) is 43.3 Å². The molecule has 0 bridgehead atoms. The van der Waals surface area contributed by atoms with Crippen LogP contribution in [0.4, 0.5) is 0 Å². The molecule has 1 aliphatic heterocycles. The van der Waals surface area contributed by atoms with E-state index in [1.54, 1.807) is 5.48 Å². The van der Waals surface area contributed by atoms with Crippen LogP contribution in [0.1, 0.15) is 37.7 Å². The van der Waals surface area contributed by atoms with Crippen molar-refractivity contribution in [3.8, 4) is 0 Å². The van der Waals surface area contributed by atoms with Gasteiger partial charge in [0.05, 0.1) is 18.6 Å². The second-order valence-electron chi connectivity index (χ2n) is 4.99. The Morgan fingerprint density at radius 3 is 2.87 bits per heavy atom. The molecule has 1 amide bonds. The van der Waals surface area contributed by atoms with Crippen LogP contribution >= 0.6 is 23.6 Å². The first kappa shape index (κ1) is 18.1. The van der Waals surface area contributed by atoms with Crippen LogP contribution in [-0.2, 0) is 13.9 Å². The van der Waals surface area contributed by atoms with Gasteiger partial charge in [0, 0.05) is 17.5 Å². The minimum Gasteiger partial charge on any atom is -0.370 e. The number of hydroxylamine groups is 3. The normalized spacial score (nSPS) is 16.5. The topological polar surface area (TPSA) is 71.0 Å². The third-order valence-corrected chi connectivity index (χ3v) is 4.13. The number of nitrogens with one attached hydrogen (secondary N) is 1. The second-order valence-corrected chi connectivity index (χ2v) is 6.11. The minimum atomic E-state index is -0.345. The Hall–Kier alpha value is -1.25. The predicted octanol–water partition coefficient (Wildman–Crippen LogP) is 3.92. The fraction of sp³-hybridized carbons (Fsp3) is 0.400. The fourth-order valence-corrected chi connectivity index (χ4v) is 2.74. The van der Waals surface area contributed by atoms with E-state index in [1.807, 2.05) is 30.3 Å². The van der Waals surface area contributed by atoms with Crippen LogP contribution in [0.2, 0.25) is 5.02 Å². The number of benzene rings is 1. The van der Waals surface area contributed by atoms with Gasteiger partial charge in [-0.2, -0.15) is 4.28 Å². The van der Waals surface area contributed by atoms with Crippen molar-refractivity contribution in [3.05, 3.63) is 39.9 Å². The number of rotatable bonds is 8. The summed E-state index contributed by atoms with van der Waals surface area (Å²) in [7, 11) is 0. The van der Waals surface area contributed by atoms with Gasteiger partial charge in [0.25, 0.3) is 0 Å². The Labute approximate surface area is 144 Å². The predicted molar refractivity (Wildman–Crippen MR) is 88.9 cm³/mol. The molecule has 1 heterocycles. The number of halogens is 1. The highest BCUT2D eigenvalue weighted by atomic mass is 35.5. The smallest absolute Gasteiger partial charge is 0.243 e. The molecule has 1 aromatic rings. The zero-order chi connectivity index (χ0) is 16.5. The molecule has 1 aromatic carbocycles. The van der Waals surface area contributed by atoms with Gasteiger partial charge in [0.1, 0.15) is 0 Å². The van der Waals surface area contributed by atoms with Crippen molar-refractivity contribution in [2.24, 2.45) is 0 Å². The summed E-state index contributed by atoms with van der Waals surface area (Å²) in [6.45, 7) is 0.638. The second kappa shape index (κ2) is 9.79. The van der Waals surface area contributed by atoms with Crippen molar-refractivity contribution in [1.29, 1.82) is 0 Å². The van der Waals surface area contributed by atoms with Gasteiger partial charge in [-0.1, -0.05) is 42.6 Å². The van der Waals surface area contributed by atoms with Gasteiger partial charge in [0.15, 0.2) is 0 Å². The largest absolute Gasteiger partial charge is 0.370 e. The van der Waals surface area contributed by atoms with Crippen LogP contribution in [-0.4, -0.2) is 22.9 Å². The van der Waals surface area contributed by atoms with Gasteiger partial charge in [-0.15, -0.1) is 0 Å². The van der Waals surface area contributed by atoms with Crippen LogP contribution in [0.15, 0.2) is 29.4 Å². The molecule has 2 rings (SSSR count). The molecular weight excluding hydrogens is 340 g/mol. The number of hydrogen-bond acceptors (Lipinski definition) is 6. The molecule has 2 N–H and O–H groups in total. The molecule has 0 aromatic heterocycles. The van der Waals surface area contributed by atoms with E-state index in [0.29, 0.717) is 23.1 Å². The van der Waals surface area contributed by atoms with Crippen molar-refractivity contribution in [2.45, 2.75) is 32.1 Å². The maximum absolute atomic E-state index is 10.8. The Kier molecular flexibility index (Phi) is 7.70. The molecule has 23 heavy (non-hydrogen) atoms. The number of carbonyl (C=O) groups excluding carboxylic acids is 1. The Morgan fingerprint density at radius 1 is 1.30 bits per heavy atom. The molecule has 0 saturated carbocycles. The zero-order valence-corrected chi connectivity index (χ0v) is 14.1. The standard InChI is InChI=1S/C15H19ClN2O4S/c16-13-8-5-4-7-12(13)11-15-21-18(22-23-15)10-6-2-1-3-9-14(19)17-20/h4-5,7-8,11,20H,1-3,6,9-10H2,(H,17,19)/b15-11-. The summed E-state index contributed by atoms with van der Waals surface area (Å²) in [6.07, 6.45) is 5.68. The Bertz CT molecular complexity index is 556. The molecular formula is C15H19ClN2O4S. The number of hydrogen-bond donors (Lipinski definition) is 2. The number of nitrogens with zero attached hydrogens (tertiary/aromatic N) is 1. The van der Waals surface area contributed by atoms with Gasteiger partial charge in [-0.05, 0) is 29.7 Å². The van der Waals surface area contributed by atoms with E-state index < -0.39 is 0 Å². The molecule has 6 nitrogen and oxygen atoms in total. The first-order valence-corrected chi connectivity index (χ1v) is 8.50.